The van der Waals surface area contributed by atoms with E-state index in [1.165, 1.54) is 0 Å². The number of aryl methyl sites for hydroxylation is 1. The van der Waals surface area contributed by atoms with Crippen LogP contribution in [0.2, 0.25) is 0 Å². The molecule has 0 spiro atoms. The molecule has 2 aromatic carbocycles. The van der Waals surface area contributed by atoms with Gasteiger partial charge in [0.1, 0.15) is 5.54 Å². The molecule has 0 saturated carbocycles. The molecule has 2 aromatic rings. The molecule has 4 heteroatoms. The van der Waals surface area contributed by atoms with E-state index >= 15 is 0 Å². The zero-order chi connectivity index (χ0) is 18.7. The summed E-state index contributed by atoms with van der Waals surface area (Å²) in [5, 5.41) is 3.06. The minimum atomic E-state index is -0.871. The number of rotatable bonds is 5. The molecule has 4 nitrogen and oxygen atoms in total. The quantitative estimate of drug-likeness (QED) is 0.897. The second-order valence-electron chi connectivity index (χ2n) is 7.17. The molecule has 136 valence electrons. The first-order valence-electron chi connectivity index (χ1n) is 9.20. The highest BCUT2D eigenvalue weighted by Crippen LogP contribution is 2.31. The third-order valence-electron chi connectivity index (χ3n) is 5.26. The van der Waals surface area contributed by atoms with Gasteiger partial charge in [0, 0.05) is 25.1 Å². The Bertz CT molecular complexity index is 830. The molecule has 0 fully saturated rings. The van der Waals surface area contributed by atoms with E-state index in [9.17, 15) is 9.59 Å². The normalized spacial score (nSPS) is 19.2. The van der Waals surface area contributed by atoms with Crippen molar-refractivity contribution in [2.45, 2.75) is 45.7 Å². The Morgan fingerprint density at radius 2 is 1.85 bits per heavy atom. The van der Waals surface area contributed by atoms with Crippen LogP contribution < -0.4 is 5.32 Å². The summed E-state index contributed by atoms with van der Waals surface area (Å²) in [5.74, 6) is -0.153. The van der Waals surface area contributed by atoms with Crippen molar-refractivity contribution in [1.29, 1.82) is 0 Å². The fraction of sp³-hybridized carbons (Fsp3) is 0.364. The second-order valence-corrected chi connectivity index (χ2v) is 7.17. The molecule has 0 unspecified atom stereocenters. The fourth-order valence-electron chi connectivity index (χ4n) is 3.67. The summed E-state index contributed by atoms with van der Waals surface area (Å²) in [6.07, 6.45) is 1.35. The van der Waals surface area contributed by atoms with Crippen LogP contribution in [0.15, 0.2) is 48.5 Å². The van der Waals surface area contributed by atoms with Gasteiger partial charge < -0.3 is 10.2 Å². The van der Waals surface area contributed by atoms with Crippen LogP contribution >= 0.6 is 0 Å². The number of amides is 2. The molecular formula is C22H26N2O2. The van der Waals surface area contributed by atoms with Crippen LogP contribution in [0.4, 0.5) is 0 Å². The van der Waals surface area contributed by atoms with Gasteiger partial charge >= 0.3 is 0 Å². The van der Waals surface area contributed by atoms with Gasteiger partial charge in [-0.05, 0) is 43.0 Å². The molecule has 2 amide bonds. The van der Waals surface area contributed by atoms with E-state index in [0.29, 0.717) is 25.1 Å². The van der Waals surface area contributed by atoms with Crippen molar-refractivity contribution >= 4 is 11.8 Å². The number of nitrogens with zero attached hydrogens (tertiary/aromatic N) is 1. The monoisotopic (exact) mass is 350 g/mol. The molecule has 0 radical (unpaired) electrons. The van der Waals surface area contributed by atoms with Crippen molar-refractivity contribution in [3.05, 3.63) is 70.8 Å². The van der Waals surface area contributed by atoms with E-state index in [1.54, 1.807) is 4.90 Å². The van der Waals surface area contributed by atoms with E-state index in [2.05, 4.69) is 5.32 Å². The second kappa shape index (κ2) is 7.32. The summed E-state index contributed by atoms with van der Waals surface area (Å²) in [4.78, 5) is 27.9. The smallest absolute Gasteiger partial charge is 0.255 e. The predicted molar refractivity (Wildman–Crippen MR) is 103 cm³/mol. The van der Waals surface area contributed by atoms with E-state index in [1.807, 2.05) is 69.3 Å². The third-order valence-corrected chi connectivity index (χ3v) is 5.26. The maximum Gasteiger partial charge on any atom is 0.255 e. The minimum Gasteiger partial charge on any atom is -0.350 e. The van der Waals surface area contributed by atoms with Crippen molar-refractivity contribution in [3.8, 4) is 0 Å². The molecule has 1 aliphatic rings. The van der Waals surface area contributed by atoms with Gasteiger partial charge in [-0.15, -0.1) is 0 Å². The topological polar surface area (TPSA) is 49.4 Å². The average molecular weight is 350 g/mol. The van der Waals surface area contributed by atoms with Crippen molar-refractivity contribution < 1.29 is 9.59 Å². The first-order valence-corrected chi connectivity index (χ1v) is 9.20. The van der Waals surface area contributed by atoms with Crippen molar-refractivity contribution in [3.63, 3.8) is 0 Å². The molecule has 26 heavy (non-hydrogen) atoms. The van der Waals surface area contributed by atoms with Gasteiger partial charge in [-0.1, -0.05) is 49.4 Å². The summed E-state index contributed by atoms with van der Waals surface area (Å²) < 4.78 is 0. The Morgan fingerprint density at radius 3 is 2.58 bits per heavy atom. The SMILES string of the molecule is CCCN1C(=O)c2ccccc2C[C@@]1(C)C(=O)NCc1ccccc1C. The van der Waals surface area contributed by atoms with Crippen molar-refractivity contribution in [2.24, 2.45) is 0 Å². The molecule has 0 saturated heterocycles. The Hall–Kier alpha value is -2.62. The lowest BCUT2D eigenvalue weighted by atomic mass is 9.82. The standard InChI is InChI=1S/C22H26N2O2/c1-4-13-24-20(25)19-12-8-7-10-17(19)14-22(24,3)21(26)23-15-18-11-6-5-9-16(18)2/h5-12H,4,13-15H2,1-3H3,(H,23,26)/t22-/m0/s1. The Kier molecular flexibility index (Phi) is 5.12. The van der Waals surface area contributed by atoms with Crippen LogP contribution in [0.3, 0.4) is 0 Å². The van der Waals surface area contributed by atoms with Crippen LogP contribution in [-0.2, 0) is 17.8 Å². The number of carbonyl (C=O) groups excluding carboxylic acids is 2. The Labute approximate surface area is 155 Å². The fourth-order valence-corrected chi connectivity index (χ4v) is 3.67. The van der Waals surface area contributed by atoms with Gasteiger partial charge in [-0.25, -0.2) is 0 Å². The third kappa shape index (κ3) is 3.24. The molecular weight excluding hydrogens is 324 g/mol. The molecule has 1 N–H and O–H groups in total. The zero-order valence-electron chi connectivity index (χ0n) is 15.7. The largest absolute Gasteiger partial charge is 0.350 e. The molecule has 3 rings (SSSR count). The number of nitrogens with one attached hydrogen (secondary N) is 1. The van der Waals surface area contributed by atoms with Gasteiger partial charge in [0.2, 0.25) is 5.91 Å². The predicted octanol–water partition coefficient (Wildman–Crippen LogP) is 3.48. The van der Waals surface area contributed by atoms with Crippen LogP contribution in [0, 0.1) is 6.92 Å². The van der Waals surface area contributed by atoms with Crippen LogP contribution in [0.1, 0.15) is 47.3 Å². The Balaban J connectivity index is 1.86. The zero-order valence-corrected chi connectivity index (χ0v) is 15.7. The number of hydrogen-bond donors (Lipinski definition) is 1. The lowest BCUT2D eigenvalue weighted by molar-refractivity contribution is -0.131. The summed E-state index contributed by atoms with van der Waals surface area (Å²) in [7, 11) is 0. The van der Waals surface area contributed by atoms with Crippen LogP contribution in [0.5, 0.6) is 0 Å². The van der Waals surface area contributed by atoms with Gasteiger partial charge in [0.15, 0.2) is 0 Å². The van der Waals surface area contributed by atoms with E-state index in [4.69, 9.17) is 0 Å². The molecule has 0 aromatic heterocycles. The Morgan fingerprint density at radius 1 is 1.15 bits per heavy atom. The van der Waals surface area contributed by atoms with Crippen LogP contribution in [-0.4, -0.2) is 28.8 Å². The minimum absolute atomic E-state index is 0.0535. The average Bonchev–Trinajstić information content (AvgIpc) is 2.64. The van der Waals surface area contributed by atoms with Gasteiger partial charge in [0.05, 0.1) is 0 Å². The summed E-state index contributed by atoms with van der Waals surface area (Å²) in [5.41, 5.74) is 3.02. The van der Waals surface area contributed by atoms with Gasteiger partial charge in [-0.3, -0.25) is 9.59 Å². The van der Waals surface area contributed by atoms with Crippen molar-refractivity contribution in [1.82, 2.24) is 10.2 Å². The maximum atomic E-state index is 13.1. The first kappa shape index (κ1) is 18.2. The lowest BCUT2D eigenvalue weighted by Gasteiger charge is -2.44. The summed E-state index contributed by atoms with van der Waals surface area (Å²) >= 11 is 0. The van der Waals surface area contributed by atoms with E-state index in [0.717, 1.165) is 23.1 Å². The highest BCUT2D eigenvalue weighted by atomic mass is 16.2. The van der Waals surface area contributed by atoms with E-state index < -0.39 is 5.54 Å². The maximum absolute atomic E-state index is 13.1. The molecule has 1 heterocycles. The number of benzene rings is 2. The summed E-state index contributed by atoms with van der Waals surface area (Å²) in [6, 6.07) is 15.6. The number of carbonyl (C=O) groups is 2. The molecule has 1 aliphatic heterocycles. The van der Waals surface area contributed by atoms with Crippen LogP contribution in [0.25, 0.3) is 0 Å². The lowest BCUT2D eigenvalue weighted by Crippen LogP contribution is -2.62. The summed E-state index contributed by atoms with van der Waals surface area (Å²) in [6.45, 7) is 6.98. The van der Waals surface area contributed by atoms with Gasteiger partial charge in [0.25, 0.3) is 5.91 Å². The molecule has 1 atom stereocenters. The number of hydrogen-bond acceptors (Lipinski definition) is 2. The van der Waals surface area contributed by atoms with Crippen molar-refractivity contribution in [2.75, 3.05) is 6.54 Å². The highest BCUT2D eigenvalue weighted by molar-refractivity contribution is 6.02. The highest BCUT2D eigenvalue weighted by Gasteiger charge is 2.46. The first-order chi connectivity index (χ1) is 12.5. The molecule has 0 aliphatic carbocycles. The van der Waals surface area contributed by atoms with Gasteiger partial charge in [-0.2, -0.15) is 0 Å². The van der Waals surface area contributed by atoms with E-state index in [-0.39, 0.29) is 11.8 Å². The number of fused-ring (bicyclic) bond motifs is 1. The molecule has 0 bridgehead atoms.